The highest BCUT2D eigenvalue weighted by atomic mass is 16.5. The van der Waals surface area contributed by atoms with Gasteiger partial charge >= 0.3 is 0 Å². The molecular formula is C19H23NO3. The molecule has 0 aliphatic heterocycles. The smallest absolute Gasteiger partial charge is 0.258 e. The molecular weight excluding hydrogens is 290 g/mol. The number of hydrogen-bond donors (Lipinski definition) is 1. The topological polar surface area (TPSA) is 51.5 Å². The number of carbonyl (C=O) groups is 1. The summed E-state index contributed by atoms with van der Waals surface area (Å²) in [5.41, 5.74) is 2.34. The van der Waals surface area contributed by atoms with E-state index in [0.29, 0.717) is 5.75 Å². The van der Waals surface area contributed by atoms with Gasteiger partial charge in [0.2, 0.25) is 0 Å². The van der Waals surface area contributed by atoms with Crippen molar-refractivity contribution in [1.82, 2.24) is 5.32 Å². The zero-order chi connectivity index (χ0) is 16.4. The summed E-state index contributed by atoms with van der Waals surface area (Å²) < 4.78 is 11.2. The normalized spacial score (nSPS) is 19.0. The summed E-state index contributed by atoms with van der Waals surface area (Å²) in [5.74, 6) is 1.59. The first-order chi connectivity index (χ1) is 10.9. The van der Waals surface area contributed by atoms with E-state index in [1.807, 2.05) is 37.3 Å². The van der Waals surface area contributed by atoms with Crippen LogP contribution in [-0.2, 0) is 11.2 Å². The van der Waals surface area contributed by atoms with Gasteiger partial charge in [0.1, 0.15) is 11.5 Å². The van der Waals surface area contributed by atoms with E-state index < -0.39 is 0 Å². The Hall–Kier alpha value is -2.23. The third-order valence-electron chi connectivity index (χ3n) is 4.30. The van der Waals surface area contributed by atoms with Crippen LogP contribution in [0.25, 0.3) is 0 Å². The predicted molar refractivity (Wildman–Crippen MR) is 88.4 cm³/mol. The molecule has 1 aliphatic rings. The van der Waals surface area contributed by atoms with Crippen molar-refractivity contribution in [3.05, 3.63) is 53.5 Å². The van der Waals surface area contributed by atoms with E-state index in [2.05, 4.69) is 19.2 Å². The second-order valence-electron chi connectivity index (χ2n) is 7.02. The van der Waals surface area contributed by atoms with Gasteiger partial charge in [-0.15, -0.1) is 0 Å². The third kappa shape index (κ3) is 3.58. The van der Waals surface area contributed by atoms with Crippen molar-refractivity contribution >= 4 is 5.91 Å². The quantitative estimate of drug-likeness (QED) is 0.934. The van der Waals surface area contributed by atoms with E-state index in [0.717, 1.165) is 29.7 Å². The summed E-state index contributed by atoms with van der Waals surface area (Å²) in [4.78, 5) is 12.3. The minimum absolute atomic E-state index is 0.0145. The molecule has 0 spiro atoms. The molecule has 4 nitrogen and oxygen atoms in total. The fourth-order valence-corrected chi connectivity index (χ4v) is 3.30. The number of ether oxygens (including phenoxy) is 1. The Morgan fingerprint density at radius 3 is 2.83 bits per heavy atom. The van der Waals surface area contributed by atoms with Gasteiger partial charge in [0.05, 0.1) is 12.3 Å². The van der Waals surface area contributed by atoms with Gasteiger partial charge in [0.25, 0.3) is 5.91 Å². The van der Waals surface area contributed by atoms with Crippen molar-refractivity contribution in [2.75, 3.05) is 6.61 Å². The Kier molecular flexibility index (Phi) is 4.16. The lowest BCUT2D eigenvalue weighted by atomic mass is 9.74. The fraction of sp³-hybridized carbons (Fsp3) is 0.421. The molecule has 2 aromatic rings. The molecule has 1 atom stereocenters. The fourth-order valence-electron chi connectivity index (χ4n) is 3.30. The monoisotopic (exact) mass is 313 g/mol. The predicted octanol–water partition coefficient (Wildman–Crippen LogP) is 3.80. The molecule has 1 heterocycles. The van der Waals surface area contributed by atoms with E-state index in [1.54, 1.807) is 6.26 Å². The van der Waals surface area contributed by atoms with E-state index in [-0.39, 0.29) is 24.0 Å². The minimum atomic E-state index is -0.108. The Morgan fingerprint density at radius 1 is 1.35 bits per heavy atom. The Labute approximate surface area is 136 Å². The summed E-state index contributed by atoms with van der Waals surface area (Å²) in [6, 6.07) is 9.36. The summed E-state index contributed by atoms with van der Waals surface area (Å²) in [5, 5.41) is 3.10. The second kappa shape index (κ2) is 6.11. The van der Waals surface area contributed by atoms with E-state index in [4.69, 9.17) is 9.15 Å². The molecule has 1 aromatic heterocycles. The number of amides is 1. The van der Waals surface area contributed by atoms with E-state index in [1.165, 1.54) is 0 Å². The van der Waals surface area contributed by atoms with Gasteiger partial charge in [-0.05, 0) is 36.5 Å². The van der Waals surface area contributed by atoms with Gasteiger partial charge in [-0.25, -0.2) is 0 Å². The van der Waals surface area contributed by atoms with Crippen LogP contribution in [0.5, 0.6) is 5.75 Å². The summed E-state index contributed by atoms with van der Waals surface area (Å²) in [6.45, 7) is 6.45. The molecule has 0 fully saturated rings. The molecule has 0 saturated heterocycles. The van der Waals surface area contributed by atoms with Crippen molar-refractivity contribution in [3.8, 4) is 5.75 Å². The zero-order valence-electron chi connectivity index (χ0n) is 13.9. The maximum Gasteiger partial charge on any atom is 0.258 e. The van der Waals surface area contributed by atoms with Crippen molar-refractivity contribution in [1.29, 1.82) is 0 Å². The molecule has 0 bridgehead atoms. The van der Waals surface area contributed by atoms with Crippen LogP contribution in [0.15, 0.2) is 41.0 Å². The van der Waals surface area contributed by atoms with E-state index in [9.17, 15) is 4.79 Å². The number of rotatable bonds is 4. The van der Waals surface area contributed by atoms with Gasteiger partial charge in [0.15, 0.2) is 6.61 Å². The lowest BCUT2D eigenvalue weighted by Gasteiger charge is -2.35. The van der Waals surface area contributed by atoms with Crippen LogP contribution < -0.4 is 10.1 Å². The number of nitrogens with one attached hydrogen (secondary N) is 1. The Bertz CT molecular complexity index is 688. The molecule has 1 unspecified atom stereocenters. The third-order valence-corrected chi connectivity index (χ3v) is 4.30. The number of hydrogen-bond acceptors (Lipinski definition) is 3. The Morgan fingerprint density at radius 2 is 2.09 bits per heavy atom. The number of furan rings is 1. The molecule has 1 amide bonds. The summed E-state index contributed by atoms with van der Waals surface area (Å²) >= 11 is 0. The molecule has 1 N–H and O–H groups in total. The van der Waals surface area contributed by atoms with Gasteiger partial charge in [0, 0.05) is 12.0 Å². The van der Waals surface area contributed by atoms with Crippen molar-refractivity contribution in [2.24, 2.45) is 5.41 Å². The average Bonchev–Trinajstić information content (AvgIpc) is 2.86. The van der Waals surface area contributed by atoms with Crippen LogP contribution in [0.1, 0.15) is 43.2 Å². The van der Waals surface area contributed by atoms with Gasteiger partial charge in [-0.1, -0.05) is 32.0 Å². The van der Waals surface area contributed by atoms with Crippen molar-refractivity contribution < 1.29 is 13.9 Å². The lowest BCUT2D eigenvalue weighted by molar-refractivity contribution is -0.124. The molecule has 23 heavy (non-hydrogen) atoms. The SMILES string of the molecule is Cc1coc2c1C(NC(=O)COc1ccccc1)CC(C)(C)C2. The highest BCUT2D eigenvalue weighted by Crippen LogP contribution is 2.42. The van der Waals surface area contributed by atoms with Crippen LogP contribution >= 0.6 is 0 Å². The van der Waals surface area contributed by atoms with Crippen LogP contribution in [0.3, 0.4) is 0 Å². The summed E-state index contributed by atoms with van der Waals surface area (Å²) in [7, 11) is 0. The molecule has 0 radical (unpaired) electrons. The van der Waals surface area contributed by atoms with Gasteiger partial charge < -0.3 is 14.5 Å². The number of para-hydroxylation sites is 1. The first-order valence-electron chi connectivity index (χ1n) is 7.99. The van der Waals surface area contributed by atoms with E-state index >= 15 is 0 Å². The highest BCUT2D eigenvalue weighted by Gasteiger charge is 2.36. The largest absolute Gasteiger partial charge is 0.484 e. The molecule has 0 saturated carbocycles. The van der Waals surface area contributed by atoms with Crippen LogP contribution in [0.4, 0.5) is 0 Å². The molecule has 3 rings (SSSR count). The maximum atomic E-state index is 12.3. The first kappa shape index (κ1) is 15.7. The average molecular weight is 313 g/mol. The number of fused-ring (bicyclic) bond motifs is 1. The van der Waals surface area contributed by atoms with Gasteiger partial charge in [-0.2, -0.15) is 0 Å². The zero-order valence-corrected chi connectivity index (χ0v) is 13.9. The summed E-state index contributed by atoms with van der Waals surface area (Å²) in [6.07, 6.45) is 3.59. The van der Waals surface area contributed by atoms with Crippen LogP contribution in [0, 0.1) is 12.3 Å². The van der Waals surface area contributed by atoms with Gasteiger partial charge in [-0.3, -0.25) is 4.79 Å². The molecule has 4 heteroatoms. The van der Waals surface area contributed by atoms with Crippen molar-refractivity contribution in [2.45, 2.75) is 39.7 Å². The standard InChI is InChI=1S/C19H23NO3/c1-13-11-23-16-10-19(2,3)9-15(18(13)16)20-17(21)12-22-14-7-5-4-6-8-14/h4-8,11,15H,9-10,12H2,1-3H3,(H,20,21). The minimum Gasteiger partial charge on any atom is -0.484 e. The van der Waals surface area contributed by atoms with Crippen molar-refractivity contribution in [3.63, 3.8) is 0 Å². The number of carbonyl (C=O) groups excluding carboxylic acids is 1. The second-order valence-corrected chi connectivity index (χ2v) is 7.02. The lowest BCUT2D eigenvalue weighted by Crippen LogP contribution is -2.38. The highest BCUT2D eigenvalue weighted by molar-refractivity contribution is 5.78. The number of benzene rings is 1. The molecule has 1 aromatic carbocycles. The Balaban J connectivity index is 1.67. The molecule has 122 valence electrons. The maximum absolute atomic E-state index is 12.3. The van der Waals surface area contributed by atoms with Crippen LogP contribution in [0.2, 0.25) is 0 Å². The molecule has 1 aliphatic carbocycles. The first-order valence-corrected chi connectivity index (χ1v) is 7.99. The number of aryl methyl sites for hydroxylation is 1. The van der Waals surface area contributed by atoms with Crippen LogP contribution in [-0.4, -0.2) is 12.5 Å².